The molecule has 2 nitrogen and oxygen atoms in total. The molecule has 1 fully saturated rings. The minimum Gasteiger partial charge on any atom is -0.326 e. The van der Waals surface area contributed by atoms with Crippen LogP contribution in [0.5, 0.6) is 0 Å². The minimum atomic E-state index is 0.151. The number of hydrogen-bond donors (Lipinski definition) is 2. The molecule has 0 saturated heterocycles. The molecule has 1 aromatic rings. The topological polar surface area (TPSA) is 38.0 Å². The fourth-order valence-electron chi connectivity index (χ4n) is 3.19. The van der Waals surface area contributed by atoms with Crippen LogP contribution in [0.15, 0.2) is 18.2 Å². The van der Waals surface area contributed by atoms with Gasteiger partial charge in [0.1, 0.15) is 0 Å². The van der Waals surface area contributed by atoms with Gasteiger partial charge in [-0.15, -0.1) is 0 Å². The Labute approximate surface area is 117 Å². The van der Waals surface area contributed by atoms with Crippen molar-refractivity contribution in [1.82, 2.24) is 5.32 Å². The molecular formula is C17H28N2. The van der Waals surface area contributed by atoms with Crippen molar-refractivity contribution in [2.24, 2.45) is 5.73 Å². The maximum atomic E-state index is 6.14. The Morgan fingerprint density at radius 2 is 2.00 bits per heavy atom. The van der Waals surface area contributed by atoms with Gasteiger partial charge < -0.3 is 11.1 Å². The van der Waals surface area contributed by atoms with Gasteiger partial charge in [-0.25, -0.2) is 0 Å². The van der Waals surface area contributed by atoms with E-state index in [1.807, 2.05) is 0 Å². The van der Waals surface area contributed by atoms with Crippen molar-refractivity contribution in [3.63, 3.8) is 0 Å². The number of nitrogens with two attached hydrogens (primary N) is 1. The fourth-order valence-corrected chi connectivity index (χ4v) is 3.19. The van der Waals surface area contributed by atoms with E-state index >= 15 is 0 Å². The fraction of sp³-hybridized carbons (Fsp3) is 0.647. The summed E-state index contributed by atoms with van der Waals surface area (Å²) in [4.78, 5) is 0. The predicted molar refractivity (Wildman–Crippen MR) is 82.6 cm³/mol. The van der Waals surface area contributed by atoms with Crippen LogP contribution in [0.25, 0.3) is 0 Å². The lowest BCUT2D eigenvalue weighted by Crippen LogP contribution is -2.45. The first-order valence-corrected chi connectivity index (χ1v) is 7.47. The molecule has 2 atom stereocenters. The van der Waals surface area contributed by atoms with Gasteiger partial charge in [0, 0.05) is 24.0 Å². The highest BCUT2D eigenvalue weighted by molar-refractivity contribution is 5.36. The Morgan fingerprint density at radius 1 is 1.26 bits per heavy atom. The Kier molecular flexibility index (Phi) is 4.32. The number of rotatable bonds is 4. The van der Waals surface area contributed by atoms with E-state index in [-0.39, 0.29) is 5.41 Å². The molecule has 2 heteroatoms. The van der Waals surface area contributed by atoms with Crippen molar-refractivity contribution in [3.05, 3.63) is 34.9 Å². The van der Waals surface area contributed by atoms with Gasteiger partial charge >= 0.3 is 0 Å². The molecule has 2 unspecified atom stereocenters. The lowest BCUT2D eigenvalue weighted by atomic mass is 9.81. The van der Waals surface area contributed by atoms with E-state index in [9.17, 15) is 0 Å². The standard InChI is InChI=1S/C17H28N2/c1-12-8-9-13(2)14(10-12)17(3,4)11-19-16-7-5-6-15(16)18/h8-10,15-16,19H,5-7,11,18H2,1-4H3. The SMILES string of the molecule is Cc1ccc(C)c(C(C)(C)CNC2CCCC2N)c1. The van der Waals surface area contributed by atoms with Crippen molar-refractivity contribution >= 4 is 0 Å². The quantitative estimate of drug-likeness (QED) is 0.873. The second kappa shape index (κ2) is 5.64. The van der Waals surface area contributed by atoms with E-state index in [1.54, 1.807) is 0 Å². The van der Waals surface area contributed by atoms with Crippen LogP contribution in [0.2, 0.25) is 0 Å². The van der Waals surface area contributed by atoms with Crippen LogP contribution >= 0.6 is 0 Å². The predicted octanol–water partition coefficient (Wildman–Crippen LogP) is 3.05. The van der Waals surface area contributed by atoms with Gasteiger partial charge in [0.15, 0.2) is 0 Å². The van der Waals surface area contributed by atoms with Crippen LogP contribution in [0.4, 0.5) is 0 Å². The van der Waals surface area contributed by atoms with E-state index < -0.39 is 0 Å². The van der Waals surface area contributed by atoms with E-state index in [4.69, 9.17) is 5.73 Å². The zero-order valence-corrected chi connectivity index (χ0v) is 12.8. The van der Waals surface area contributed by atoms with Crippen LogP contribution < -0.4 is 11.1 Å². The van der Waals surface area contributed by atoms with Gasteiger partial charge in [-0.3, -0.25) is 0 Å². The summed E-state index contributed by atoms with van der Waals surface area (Å²) in [7, 11) is 0. The zero-order valence-electron chi connectivity index (χ0n) is 12.8. The zero-order chi connectivity index (χ0) is 14.0. The third kappa shape index (κ3) is 3.37. The monoisotopic (exact) mass is 260 g/mol. The Hall–Kier alpha value is -0.860. The smallest absolute Gasteiger partial charge is 0.0219 e. The third-order valence-electron chi connectivity index (χ3n) is 4.50. The molecule has 0 spiro atoms. The average molecular weight is 260 g/mol. The van der Waals surface area contributed by atoms with Crippen LogP contribution in [-0.2, 0) is 5.41 Å². The maximum absolute atomic E-state index is 6.14. The third-order valence-corrected chi connectivity index (χ3v) is 4.50. The molecule has 1 aromatic carbocycles. The molecule has 0 heterocycles. The average Bonchev–Trinajstić information content (AvgIpc) is 2.75. The van der Waals surface area contributed by atoms with Gasteiger partial charge in [-0.1, -0.05) is 44.0 Å². The van der Waals surface area contributed by atoms with Gasteiger partial charge in [0.2, 0.25) is 0 Å². The lowest BCUT2D eigenvalue weighted by molar-refractivity contribution is 0.399. The summed E-state index contributed by atoms with van der Waals surface area (Å²) in [5.74, 6) is 0. The lowest BCUT2D eigenvalue weighted by Gasteiger charge is -2.30. The number of nitrogens with one attached hydrogen (secondary N) is 1. The highest BCUT2D eigenvalue weighted by Gasteiger charge is 2.28. The summed E-state index contributed by atoms with van der Waals surface area (Å²) in [5, 5.41) is 3.69. The molecule has 0 bridgehead atoms. The molecule has 19 heavy (non-hydrogen) atoms. The summed E-state index contributed by atoms with van der Waals surface area (Å²) in [6.07, 6.45) is 3.66. The highest BCUT2D eigenvalue weighted by atomic mass is 15.0. The molecule has 0 aliphatic heterocycles. The number of hydrogen-bond acceptors (Lipinski definition) is 2. The normalized spacial score (nSPS) is 23.8. The van der Waals surface area contributed by atoms with Crippen molar-refractivity contribution in [2.75, 3.05) is 6.54 Å². The van der Waals surface area contributed by atoms with Crippen LogP contribution in [0, 0.1) is 13.8 Å². The summed E-state index contributed by atoms with van der Waals surface area (Å²) in [5.41, 5.74) is 10.5. The molecule has 3 N–H and O–H groups in total. The molecule has 2 rings (SSSR count). The minimum absolute atomic E-state index is 0.151. The summed E-state index contributed by atoms with van der Waals surface area (Å²) < 4.78 is 0. The van der Waals surface area contributed by atoms with Crippen LogP contribution in [-0.4, -0.2) is 18.6 Å². The molecular weight excluding hydrogens is 232 g/mol. The number of aryl methyl sites for hydroxylation is 2. The van der Waals surface area contributed by atoms with E-state index in [1.165, 1.54) is 36.0 Å². The first-order chi connectivity index (χ1) is 8.90. The Morgan fingerprint density at radius 3 is 2.63 bits per heavy atom. The van der Waals surface area contributed by atoms with Crippen molar-refractivity contribution in [1.29, 1.82) is 0 Å². The Bertz CT molecular complexity index is 437. The maximum Gasteiger partial charge on any atom is 0.0219 e. The van der Waals surface area contributed by atoms with Gasteiger partial charge in [0.25, 0.3) is 0 Å². The summed E-state index contributed by atoms with van der Waals surface area (Å²) in [6, 6.07) is 7.59. The van der Waals surface area contributed by atoms with E-state index in [0.29, 0.717) is 12.1 Å². The first-order valence-electron chi connectivity index (χ1n) is 7.47. The molecule has 1 saturated carbocycles. The summed E-state index contributed by atoms with van der Waals surface area (Å²) >= 11 is 0. The van der Waals surface area contributed by atoms with Gasteiger partial charge in [0.05, 0.1) is 0 Å². The number of benzene rings is 1. The first kappa shape index (κ1) is 14.5. The molecule has 0 aromatic heterocycles. The summed E-state index contributed by atoms with van der Waals surface area (Å²) in [6.45, 7) is 10.0. The molecule has 0 radical (unpaired) electrons. The molecule has 106 valence electrons. The van der Waals surface area contributed by atoms with Crippen LogP contribution in [0.3, 0.4) is 0 Å². The van der Waals surface area contributed by atoms with E-state index in [0.717, 1.165) is 6.54 Å². The second-order valence-electron chi connectivity index (χ2n) is 6.78. The van der Waals surface area contributed by atoms with Crippen molar-refractivity contribution in [3.8, 4) is 0 Å². The van der Waals surface area contributed by atoms with Crippen molar-refractivity contribution in [2.45, 2.75) is 64.5 Å². The Balaban J connectivity index is 2.06. The largest absolute Gasteiger partial charge is 0.326 e. The van der Waals surface area contributed by atoms with Crippen LogP contribution in [0.1, 0.15) is 49.8 Å². The van der Waals surface area contributed by atoms with Gasteiger partial charge in [-0.05, 0) is 37.8 Å². The highest BCUT2D eigenvalue weighted by Crippen LogP contribution is 2.27. The molecule has 1 aliphatic rings. The second-order valence-corrected chi connectivity index (χ2v) is 6.78. The van der Waals surface area contributed by atoms with Crippen molar-refractivity contribution < 1.29 is 0 Å². The van der Waals surface area contributed by atoms with E-state index in [2.05, 4.69) is 51.2 Å². The molecule has 1 aliphatic carbocycles. The van der Waals surface area contributed by atoms with Gasteiger partial charge in [-0.2, -0.15) is 0 Å². The molecule has 0 amide bonds.